The number of carbonyl (C=O) groups excluding carboxylic acids is 3. The standard InChI is InChI=1S/C29H49N3O4/c1-11-12-13-17-30-26(33)25(23-16-14-15-21(6)22(23)7)32(20(4)5)27(34)24(18-19(2)3)31-28(35)36-29(8,9)10/h14-16,19-20,24-25H,11-13,17-18H2,1-10H3,(H,30,33)(H,31,35). The van der Waals surface area contributed by atoms with Crippen LogP contribution in [0.2, 0.25) is 0 Å². The molecule has 0 fully saturated rings. The van der Waals surface area contributed by atoms with Crippen molar-refractivity contribution in [1.29, 1.82) is 0 Å². The number of hydrogen-bond acceptors (Lipinski definition) is 4. The molecule has 1 aromatic rings. The van der Waals surface area contributed by atoms with Gasteiger partial charge in [-0.05, 0) is 83.9 Å². The third-order valence-electron chi connectivity index (χ3n) is 6.05. The van der Waals surface area contributed by atoms with Crippen molar-refractivity contribution in [3.8, 4) is 0 Å². The van der Waals surface area contributed by atoms with E-state index in [2.05, 4.69) is 17.6 Å². The lowest BCUT2D eigenvalue weighted by molar-refractivity contribution is -0.145. The SMILES string of the molecule is CCCCCNC(=O)C(c1cccc(C)c1C)N(C(=O)C(CC(C)C)NC(=O)OC(C)(C)C)C(C)C. The Hall–Kier alpha value is -2.57. The lowest BCUT2D eigenvalue weighted by atomic mass is 9.93. The molecule has 0 heterocycles. The van der Waals surface area contributed by atoms with Gasteiger partial charge in [0.05, 0.1) is 0 Å². The van der Waals surface area contributed by atoms with Gasteiger partial charge in [-0.25, -0.2) is 4.79 Å². The number of aryl methyl sites for hydroxylation is 1. The van der Waals surface area contributed by atoms with E-state index >= 15 is 0 Å². The van der Waals surface area contributed by atoms with Crippen molar-refractivity contribution in [1.82, 2.24) is 15.5 Å². The lowest BCUT2D eigenvalue weighted by Crippen LogP contribution is -2.55. The van der Waals surface area contributed by atoms with Crippen LogP contribution in [0.5, 0.6) is 0 Å². The molecule has 0 aliphatic heterocycles. The summed E-state index contributed by atoms with van der Waals surface area (Å²) in [5, 5.41) is 5.85. The number of carbonyl (C=O) groups is 3. The fourth-order valence-corrected chi connectivity index (χ4v) is 4.17. The Balaban J connectivity index is 3.47. The van der Waals surface area contributed by atoms with E-state index in [0.717, 1.165) is 36.0 Å². The molecule has 0 aromatic heterocycles. The maximum absolute atomic E-state index is 14.1. The molecule has 3 amide bonds. The number of hydrogen-bond donors (Lipinski definition) is 2. The van der Waals surface area contributed by atoms with Crippen LogP contribution >= 0.6 is 0 Å². The van der Waals surface area contributed by atoms with Crippen molar-refractivity contribution in [2.45, 2.75) is 119 Å². The minimum Gasteiger partial charge on any atom is -0.444 e. The number of nitrogens with zero attached hydrogens (tertiary/aromatic N) is 1. The second kappa shape index (κ2) is 14.2. The fourth-order valence-electron chi connectivity index (χ4n) is 4.17. The second-order valence-electron chi connectivity index (χ2n) is 11.4. The predicted molar refractivity (Wildman–Crippen MR) is 146 cm³/mol. The fraction of sp³-hybridized carbons (Fsp3) is 0.690. The molecular formula is C29H49N3O4. The summed E-state index contributed by atoms with van der Waals surface area (Å²) in [4.78, 5) is 42.0. The first-order valence-electron chi connectivity index (χ1n) is 13.3. The average molecular weight is 504 g/mol. The molecule has 36 heavy (non-hydrogen) atoms. The van der Waals surface area contributed by atoms with Crippen molar-refractivity contribution in [2.24, 2.45) is 5.92 Å². The number of rotatable bonds is 12. The molecule has 0 radical (unpaired) electrons. The van der Waals surface area contributed by atoms with Crippen LogP contribution in [-0.2, 0) is 14.3 Å². The second-order valence-corrected chi connectivity index (χ2v) is 11.4. The van der Waals surface area contributed by atoms with E-state index in [1.807, 2.05) is 59.7 Å². The molecule has 0 saturated carbocycles. The Kier molecular flexibility index (Phi) is 12.4. The van der Waals surface area contributed by atoms with Crippen LogP contribution in [0.3, 0.4) is 0 Å². The summed E-state index contributed by atoms with van der Waals surface area (Å²) in [6.45, 7) is 19.8. The maximum atomic E-state index is 14.1. The van der Waals surface area contributed by atoms with Crippen LogP contribution in [0.15, 0.2) is 18.2 Å². The molecule has 0 aliphatic rings. The summed E-state index contributed by atoms with van der Waals surface area (Å²) in [5.41, 5.74) is 2.14. The first-order chi connectivity index (χ1) is 16.7. The quantitative estimate of drug-likeness (QED) is 0.352. The number of nitrogens with one attached hydrogen (secondary N) is 2. The topological polar surface area (TPSA) is 87.7 Å². The average Bonchev–Trinajstić information content (AvgIpc) is 2.74. The summed E-state index contributed by atoms with van der Waals surface area (Å²) in [5.74, 6) is -0.355. The van der Waals surface area contributed by atoms with E-state index in [9.17, 15) is 14.4 Å². The molecule has 0 saturated heterocycles. The summed E-state index contributed by atoms with van der Waals surface area (Å²) < 4.78 is 5.44. The van der Waals surface area contributed by atoms with Gasteiger partial charge in [0, 0.05) is 12.6 Å². The molecule has 0 spiro atoms. The zero-order valence-electron chi connectivity index (χ0n) is 24.2. The predicted octanol–water partition coefficient (Wildman–Crippen LogP) is 5.83. The van der Waals surface area contributed by atoms with Crippen LogP contribution < -0.4 is 10.6 Å². The monoisotopic (exact) mass is 503 g/mol. The van der Waals surface area contributed by atoms with E-state index in [-0.39, 0.29) is 23.8 Å². The molecule has 2 atom stereocenters. The van der Waals surface area contributed by atoms with Crippen LogP contribution in [0.25, 0.3) is 0 Å². The van der Waals surface area contributed by atoms with Gasteiger partial charge in [-0.3, -0.25) is 9.59 Å². The molecule has 1 rings (SSSR count). The zero-order chi connectivity index (χ0) is 27.6. The van der Waals surface area contributed by atoms with E-state index in [1.54, 1.807) is 25.7 Å². The van der Waals surface area contributed by atoms with Crippen molar-refractivity contribution in [2.75, 3.05) is 6.54 Å². The highest BCUT2D eigenvalue weighted by Gasteiger charge is 2.38. The van der Waals surface area contributed by atoms with Crippen LogP contribution in [-0.4, -0.2) is 47.0 Å². The highest BCUT2D eigenvalue weighted by molar-refractivity contribution is 5.92. The maximum Gasteiger partial charge on any atom is 0.408 e. The van der Waals surface area contributed by atoms with Crippen molar-refractivity contribution >= 4 is 17.9 Å². The molecule has 2 unspecified atom stereocenters. The Morgan fingerprint density at radius 2 is 1.67 bits per heavy atom. The summed E-state index contributed by atoms with van der Waals surface area (Å²) in [7, 11) is 0. The summed E-state index contributed by atoms with van der Waals surface area (Å²) in [6.07, 6.45) is 2.75. The molecule has 204 valence electrons. The largest absolute Gasteiger partial charge is 0.444 e. The molecule has 2 N–H and O–H groups in total. The number of ether oxygens (including phenoxy) is 1. The van der Waals surface area contributed by atoms with E-state index in [1.165, 1.54) is 0 Å². The van der Waals surface area contributed by atoms with E-state index in [0.29, 0.717) is 13.0 Å². The van der Waals surface area contributed by atoms with Gasteiger partial charge in [0.2, 0.25) is 11.8 Å². The number of benzene rings is 1. The molecule has 1 aromatic carbocycles. The first kappa shape index (κ1) is 31.5. The molecule has 7 heteroatoms. The van der Waals surface area contributed by atoms with Gasteiger partial charge in [-0.2, -0.15) is 0 Å². The summed E-state index contributed by atoms with van der Waals surface area (Å²) in [6, 6.07) is 3.93. The molecule has 7 nitrogen and oxygen atoms in total. The summed E-state index contributed by atoms with van der Waals surface area (Å²) >= 11 is 0. The minimum absolute atomic E-state index is 0.143. The zero-order valence-corrected chi connectivity index (χ0v) is 24.2. The third kappa shape index (κ3) is 9.82. The first-order valence-corrected chi connectivity index (χ1v) is 13.3. The van der Waals surface area contributed by atoms with Crippen molar-refractivity contribution in [3.05, 3.63) is 34.9 Å². The molecular weight excluding hydrogens is 454 g/mol. The lowest BCUT2D eigenvalue weighted by Gasteiger charge is -2.38. The molecule has 0 aliphatic carbocycles. The van der Waals surface area contributed by atoms with Gasteiger partial charge in [0.25, 0.3) is 0 Å². The Bertz CT molecular complexity index is 874. The van der Waals surface area contributed by atoms with E-state index < -0.39 is 23.8 Å². The van der Waals surface area contributed by atoms with Crippen molar-refractivity contribution < 1.29 is 19.1 Å². The van der Waals surface area contributed by atoms with Crippen molar-refractivity contribution in [3.63, 3.8) is 0 Å². The van der Waals surface area contributed by atoms with Crippen LogP contribution in [0, 0.1) is 19.8 Å². The number of amides is 3. The number of unbranched alkanes of at least 4 members (excludes halogenated alkanes) is 2. The Morgan fingerprint density at radius 3 is 2.19 bits per heavy atom. The third-order valence-corrected chi connectivity index (χ3v) is 6.05. The Labute approximate surface area is 218 Å². The number of alkyl carbamates (subject to hydrolysis) is 1. The van der Waals surface area contributed by atoms with E-state index in [4.69, 9.17) is 4.74 Å². The normalized spacial score (nSPS) is 13.3. The van der Waals surface area contributed by atoms with Gasteiger partial charge >= 0.3 is 6.09 Å². The van der Waals surface area contributed by atoms with Gasteiger partial charge in [-0.15, -0.1) is 0 Å². The highest BCUT2D eigenvalue weighted by Crippen LogP contribution is 2.29. The molecule has 0 bridgehead atoms. The van der Waals surface area contributed by atoms with Crippen LogP contribution in [0.1, 0.15) is 104 Å². The van der Waals surface area contributed by atoms with Gasteiger partial charge in [0.15, 0.2) is 0 Å². The van der Waals surface area contributed by atoms with Gasteiger partial charge in [0.1, 0.15) is 17.7 Å². The van der Waals surface area contributed by atoms with Gasteiger partial charge < -0.3 is 20.3 Å². The highest BCUT2D eigenvalue weighted by atomic mass is 16.6. The van der Waals surface area contributed by atoms with Crippen LogP contribution in [0.4, 0.5) is 4.79 Å². The minimum atomic E-state index is -0.817. The Morgan fingerprint density at radius 1 is 1.03 bits per heavy atom. The smallest absolute Gasteiger partial charge is 0.408 e. The van der Waals surface area contributed by atoms with Gasteiger partial charge in [-0.1, -0.05) is 51.8 Å².